The molecule has 0 aliphatic rings. The Morgan fingerprint density at radius 2 is 1.14 bits per heavy atom. The Morgan fingerprint density at radius 1 is 0.659 bits per heavy atom. The molecule has 4 heteroatoms. The van der Waals surface area contributed by atoms with Gasteiger partial charge in [-0.15, -0.1) is 69.1 Å². The maximum absolute atomic E-state index is 4.93. The van der Waals surface area contributed by atoms with E-state index in [0.29, 0.717) is 5.92 Å². The summed E-state index contributed by atoms with van der Waals surface area (Å²) in [6.07, 6.45) is 0. The molecule has 2 radical (unpaired) electrons. The van der Waals surface area contributed by atoms with Crippen molar-refractivity contribution in [2.45, 2.75) is 66.0 Å². The van der Waals surface area contributed by atoms with Crippen LogP contribution in [0.3, 0.4) is 0 Å². The molecule has 0 saturated carbocycles. The molecule has 0 aromatic heterocycles. The zero-order chi connectivity index (χ0) is 32.3. The Labute approximate surface area is 287 Å². The molecule has 6 aromatic rings. The molecule has 6 rings (SSSR count). The summed E-state index contributed by atoms with van der Waals surface area (Å²) in [5.74, 6) is 0.584. The van der Waals surface area contributed by atoms with Gasteiger partial charge in [0, 0.05) is 9.52 Å². The minimum absolute atomic E-state index is 0.210. The third kappa shape index (κ3) is 9.89. The van der Waals surface area contributed by atoms with Gasteiger partial charge in [0.2, 0.25) is 0 Å². The van der Waals surface area contributed by atoms with E-state index in [-0.39, 0.29) is 5.41 Å². The molecule has 0 fully saturated rings. The third-order valence-electron chi connectivity index (χ3n) is 7.48. The SMILES string of the molecule is CC(C)c1cc2c(-c3ccccc3)cccc2[cH-]1.C[Si]C.Cc1cc2c(-c3ccc(C(C)(C)C)cc3)cccc2[cH-]1.[Cl][Zr+2][Cl]. The van der Waals surface area contributed by atoms with Crippen molar-refractivity contribution < 1.29 is 20.8 Å². The Morgan fingerprint density at radius 3 is 1.64 bits per heavy atom. The molecule has 0 amide bonds. The summed E-state index contributed by atoms with van der Waals surface area (Å²) in [6, 6.07) is 41.9. The maximum atomic E-state index is 4.93. The van der Waals surface area contributed by atoms with Crippen LogP contribution in [0.25, 0.3) is 43.8 Å². The van der Waals surface area contributed by atoms with Crippen LogP contribution in [0, 0.1) is 6.92 Å². The first-order chi connectivity index (χ1) is 21.0. The quantitative estimate of drug-likeness (QED) is 0.126. The fraction of sp³-hybridized carbons (Fsp3) is 0.250. The molecule has 0 unspecified atom stereocenters. The van der Waals surface area contributed by atoms with Gasteiger partial charge in [0.15, 0.2) is 0 Å². The summed E-state index contributed by atoms with van der Waals surface area (Å²) in [4.78, 5) is 0. The van der Waals surface area contributed by atoms with E-state index in [1.54, 1.807) is 0 Å². The van der Waals surface area contributed by atoms with Crippen LogP contribution < -0.4 is 0 Å². The van der Waals surface area contributed by atoms with Crippen molar-refractivity contribution in [1.29, 1.82) is 0 Å². The first kappa shape index (κ1) is 36.3. The van der Waals surface area contributed by atoms with E-state index in [2.05, 4.69) is 170 Å². The Kier molecular flexibility index (Phi) is 14.4. The minimum atomic E-state index is -0.826. The number of rotatable bonds is 3. The van der Waals surface area contributed by atoms with Crippen molar-refractivity contribution in [1.82, 2.24) is 0 Å². The van der Waals surface area contributed by atoms with Gasteiger partial charge in [0.1, 0.15) is 0 Å². The van der Waals surface area contributed by atoms with Crippen LogP contribution in [0.2, 0.25) is 13.1 Å². The van der Waals surface area contributed by atoms with Crippen molar-refractivity contribution in [3.05, 3.63) is 132 Å². The van der Waals surface area contributed by atoms with Gasteiger partial charge in [-0.1, -0.05) is 132 Å². The van der Waals surface area contributed by atoms with E-state index in [1.165, 1.54) is 60.5 Å². The van der Waals surface area contributed by atoms with Crippen molar-refractivity contribution in [3.8, 4) is 22.3 Å². The number of aryl methyl sites for hydroxylation is 1. The molecule has 0 aliphatic heterocycles. The predicted molar refractivity (Wildman–Crippen MR) is 197 cm³/mol. The van der Waals surface area contributed by atoms with Crippen LogP contribution in [0.4, 0.5) is 0 Å². The standard InChI is InChI=1S/C20H21.C18H17.C2H6Si.2ClH.Zr/c1-14-12-16-6-5-7-18(19(16)13-14)15-8-10-17(11-9-15)20(2,3)4;1-13(2)16-11-15-9-6-10-17(18(15)12-16)14-7-4-3-5-8-14;1-3-2;;;/h5-13H,1-4H3;3-13H,1-2H3;1-2H3;2*1H;/q2*-1;;;;+4/p-2. The molecule has 0 bridgehead atoms. The molecular weight excluding hydrogens is 671 g/mol. The molecule has 226 valence electrons. The predicted octanol–water partition coefficient (Wildman–Crippen LogP) is 13.3. The van der Waals surface area contributed by atoms with E-state index < -0.39 is 20.8 Å². The van der Waals surface area contributed by atoms with E-state index in [0.717, 1.165) is 9.52 Å². The van der Waals surface area contributed by atoms with Crippen LogP contribution in [-0.4, -0.2) is 9.52 Å². The monoisotopic (exact) mass is 712 g/mol. The summed E-state index contributed by atoms with van der Waals surface area (Å²) in [5, 5.41) is 5.40. The molecular formula is C40H44Cl2SiZr. The molecule has 0 N–H and O–H groups in total. The summed E-state index contributed by atoms with van der Waals surface area (Å²) < 4.78 is 0. The molecule has 44 heavy (non-hydrogen) atoms. The van der Waals surface area contributed by atoms with E-state index in [1.807, 2.05) is 0 Å². The average Bonchev–Trinajstić information content (AvgIpc) is 3.61. The van der Waals surface area contributed by atoms with Gasteiger partial charge in [0.25, 0.3) is 0 Å². The van der Waals surface area contributed by atoms with Crippen LogP contribution in [-0.2, 0) is 26.3 Å². The fourth-order valence-electron chi connectivity index (χ4n) is 5.25. The number of halogens is 2. The topological polar surface area (TPSA) is 0 Å². The van der Waals surface area contributed by atoms with Crippen molar-refractivity contribution in [2.24, 2.45) is 0 Å². The summed E-state index contributed by atoms with van der Waals surface area (Å²) in [5.41, 5.74) is 9.61. The molecule has 0 aliphatic carbocycles. The molecule has 0 heterocycles. The van der Waals surface area contributed by atoms with Crippen molar-refractivity contribution >= 4 is 48.1 Å². The number of benzene rings is 4. The molecule has 0 spiro atoms. The zero-order valence-corrected chi connectivity index (χ0v) is 32.3. The summed E-state index contributed by atoms with van der Waals surface area (Å²) in [7, 11) is 11.0. The van der Waals surface area contributed by atoms with Gasteiger partial charge in [0.05, 0.1) is 0 Å². The first-order valence-electron chi connectivity index (χ1n) is 15.1. The van der Waals surface area contributed by atoms with E-state index in [9.17, 15) is 0 Å². The van der Waals surface area contributed by atoms with Gasteiger partial charge >= 0.3 is 37.9 Å². The Bertz CT molecular complexity index is 1700. The van der Waals surface area contributed by atoms with Crippen LogP contribution in [0.15, 0.2) is 115 Å². The average molecular weight is 715 g/mol. The third-order valence-corrected chi connectivity index (χ3v) is 7.48. The number of fused-ring (bicyclic) bond motifs is 2. The second kappa shape index (κ2) is 17.5. The van der Waals surface area contributed by atoms with Gasteiger partial charge in [-0.2, -0.15) is 12.1 Å². The Balaban J connectivity index is 0.000000205. The second-order valence-electron chi connectivity index (χ2n) is 12.4. The molecule has 6 aromatic carbocycles. The summed E-state index contributed by atoms with van der Waals surface area (Å²) >= 11 is -0.826. The zero-order valence-electron chi connectivity index (χ0n) is 27.3. The van der Waals surface area contributed by atoms with Gasteiger partial charge in [-0.3, -0.25) is 0 Å². The van der Waals surface area contributed by atoms with Crippen LogP contribution in [0.5, 0.6) is 0 Å². The second-order valence-corrected chi connectivity index (χ2v) is 17.1. The van der Waals surface area contributed by atoms with Gasteiger partial charge < -0.3 is 0 Å². The number of hydrogen-bond acceptors (Lipinski definition) is 0. The first-order valence-corrected chi connectivity index (χ1v) is 23.4. The van der Waals surface area contributed by atoms with Crippen LogP contribution >= 0.6 is 17.0 Å². The van der Waals surface area contributed by atoms with Gasteiger partial charge in [-0.05, 0) is 28.0 Å². The molecule has 0 nitrogen and oxygen atoms in total. The summed E-state index contributed by atoms with van der Waals surface area (Å²) in [6.45, 7) is 17.7. The number of hydrogen-bond donors (Lipinski definition) is 0. The normalized spacial score (nSPS) is 10.7. The molecule has 0 saturated heterocycles. The van der Waals surface area contributed by atoms with Crippen molar-refractivity contribution in [3.63, 3.8) is 0 Å². The Hall–Kier alpha value is -2.22. The fourth-order valence-corrected chi connectivity index (χ4v) is 5.25. The van der Waals surface area contributed by atoms with E-state index in [4.69, 9.17) is 17.0 Å². The molecule has 0 atom stereocenters. The van der Waals surface area contributed by atoms with Crippen molar-refractivity contribution in [2.75, 3.05) is 0 Å². The van der Waals surface area contributed by atoms with Gasteiger partial charge in [-0.25, -0.2) is 0 Å². The van der Waals surface area contributed by atoms with Crippen LogP contribution in [0.1, 0.15) is 57.2 Å². The van der Waals surface area contributed by atoms with E-state index >= 15 is 0 Å².